The highest BCUT2D eigenvalue weighted by molar-refractivity contribution is 6.34. The van der Waals surface area contributed by atoms with Crippen molar-refractivity contribution in [1.82, 2.24) is 9.97 Å². The molecule has 0 bridgehead atoms. The molecule has 1 unspecified atom stereocenters. The molecule has 1 aromatic heterocycles. The number of hydrogen-bond acceptors (Lipinski definition) is 3. The van der Waals surface area contributed by atoms with Gasteiger partial charge >= 0.3 is 0 Å². The molecular formula is C11H14Cl2N2O. The SMILES string of the molecule is CCc1c(Cl)nc(CC2CCOC2)nc1Cl. The Morgan fingerprint density at radius 1 is 1.31 bits per heavy atom. The average Bonchev–Trinajstić information content (AvgIpc) is 2.70. The molecule has 1 aliphatic heterocycles. The van der Waals surface area contributed by atoms with Crippen molar-refractivity contribution in [3.8, 4) is 0 Å². The molecule has 0 saturated carbocycles. The fraction of sp³-hybridized carbons (Fsp3) is 0.636. The summed E-state index contributed by atoms with van der Waals surface area (Å²) in [5.74, 6) is 1.22. The number of aromatic nitrogens is 2. The maximum Gasteiger partial charge on any atom is 0.137 e. The zero-order valence-corrected chi connectivity index (χ0v) is 10.7. The first-order valence-electron chi connectivity index (χ1n) is 5.49. The molecular weight excluding hydrogens is 247 g/mol. The van der Waals surface area contributed by atoms with Crippen molar-refractivity contribution in [3.63, 3.8) is 0 Å². The Morgan fingerprint density at radius 3 is 2.50 bits per heavy atom. The molecule has 0 radical (unpaired) electrons. The van der Waals surface area contributed by atoms with Crippen LogP contribution < -0.4 is 0 Å². The monoisotopic (exact) mass is 260 g/mol. The van der Waals surface area contributed by atoms with Crippen LogP contribution in [-0.2, 0) is 17.6 Å². The van der Waals surface area contributed by atoms with Crippen LogP contribution in [0.2, 0.25) is 10.3 Å². The van der Waals surface area contributed by atoms with E-state index in [4.69, 9.17) is 27.9 Å². The Kier molecular flexibility index (Phi) is 4.00. The first kappa shape index (κ1) is 12.1. The third-order valence-corrected chi connectivity index (χ3v) is 3.43. The normalized spacial score (nSPS) is 20.3. The second-order valence-corrected chi connectivity index (χ2v) is 4.70. The molecule has 1 aromatic rings. The lowest BCUT2D eigenvalue weighted by molar-refractivity contribution is 0.185. The van der Waals surface area contributed by atoms with Gasteiger partial charge in [0.1, 0.15) is 16.1 Å². The molecule has 0 aromatic carbocycles. The highest BCUT2D eigenvalue weighted by Crippen LogP contribution is 2.24. The summed E-state index contributed by atoms with van der Waals surface area (Å²) in [6.07, 6.45) is 2.61. The first-order valence-corrected chi connectivity index (χ1v) is 6.24. The van der Waals surface area contributed by atoms with Gasteiger partial charge in [0.05, 0.1) is 0 Å². The summed E-state index contributed by atoms with van der Waals surface area (Å²) in [6.45, 7) is 3.61. The van der Waals surface area contributed by atoms with Crippen LogP contribution in [-0.4, -0.2) is 23.2 Å². The Hall–Kier alpha value is -0.380. The molecule has 1 aliphatic rings. The van der Waals surface area contributed by atoms with Crippen LogP contribution in [0, 0.1) is 5.92 Å². The van der Waals surface area contributed by atoms with Gasteiger partial charge in [-0.3, -0.25) is 0 Å². The van der Waals surface area contributed by atoms with Crippen molar-refractivity contribution in [2.75, 3.05) is 13.2 Å². The van der Waals surface area contributed by atoms with Gasteiger partial charge in [-0.05, 0) is 18.8 Å². The predicted octanol–water partition coefficient (Wildman–Crippen LogP) is 2.92. The number of ether oxygens (including phenoxy) is 1. The van der Waals surface area contributed by atoms with Crippen molar-refractivity contribution >= 4 is 23.2 Å². The molecule has 5 heteroatoms. The lowest BCUT2D eigenvalue weighted by Gasteiger charge is -2.09. The summed E-state index contributed by atoms with van der Waals surface area (Å²) in [6, 6.07) is 0. The van der Waals surface area contributed by atoms with E-state index in [1.165, 1.54) is 0 Å². The third kappa shape index (κ3) is 2.65. The second-order valence-electron chi connectivity index (χ2n) is 3.99. The Balaban J connectivity index is 2.15. The molecule has 2 heterocycles. The van der Waals surface area contributed by atoms with Gasteiger partial charge in [-0.2, -0.15) is 0 Å². The van der Waals surface area contributed by atoms with Gasteiger partial charge in [0.25, 0.3) is 0 Å². The highest BCUT2D eigenvalue weighted by atomic mass is 35.5. The predicted molar refractivity (Wildman–Crippen MR) is 64.1 cm³/mol. The Labute approximate surface area is 105 Å². The molecule has 16 heavy (non-hydrogen) atoms. The fourth-order valence-corrected chi connectivity index (χ4v) is 2.55. The average molecular weight is 261 g/mol. The lowest BCUT2D eigenvalue weighted by Crippen LogP contribution is -2.08. The van der Waals surface area contributed by atoms with Gasteiger partial charge in [-0.15, -0.1) is 0 Å². The van der Waals surface area contributed by atoms with Crippen molar-refractivity contribution in [3.05, 3.63) is 21.7 Å². The fourth-order valence-electron chi connectivity index (χ4n) is 1.86. The van der Waals surface area contributed by atoms with Crippen molar-refractivity contribution in [1.29, 1.82) is 0 Å². The zero-order chi connectivity index (χ0) is 11.5. The number of hydrogen-bond donors (Lipinski definition) is 0. The van der Waals surface area contributed by atoms with Crippen LogP contribution in [0.1, 0.15) is 24.7 Å². The van der Waals surface area contributed by atoms with Crippen LogP contribution in [0.5, 0.6) is 0 Å². The number of halogens is 2. The van der Waals surface area contributed by atoms with Gasteiger partial charge in [0, 0.05) is 25.2 Å². The molecule has 0 amide bonds. The van der Waals surface area contributed by atoms with Crippen molar-refractivity contribution < 1.29 is 4.74 Å². The maximum absolute atomic E-state index is 6.05. The number of rotatable bonds is 3. The lowest BCUT2D eigenvalue weighted by atomic mass is 10.0. The molecule has 1 atom stereocenters. The summed E-state index contributed by atoms with van der Waals surface area (Å²) in [5.41, 5.74) is 0.828. The van der Waals surface area contributed by atoms with Crippen molar-refractivity contribution in [2.45, 2.75) is 26.2 Å². The first-order chi connectivity index (χ1) is 7.70. The molecule has 0 N–H and O–H groups in total. The van der Waals surface area contributed by atoms with E-state index in [1.807, 2.05) is 6.92 Å². The summed E-state index contributed by atoms with van der Waals surface area (Å²) in [5, 5.41) is 0.966. The van der Waals surface area contributed by atoms with E-state index in [0.29, 0.717) is 16.2 Å². The van der Waals surface area contributed by atoms with E-state index in [1.54, 1.807) is 0 Å². The van der Waals surface area contributed by atoms with Gasteiger partial charge < -0.3 is 4.74 Å². The van der Waals surface area contributed by atoms with Gasteiger partial charge in [-0.1, -0.05) is 30.1 Å². The maximum atomic E-state index is 6.05. The van der Waals surface area contributed by atoms with E-state index < -0.39 is 0 Å². The minimum Gasteiger partial charge on any atom is -0.381 e. The van der Waals surface area contributed by atoms with Gasteiger partial charge in [0.15, 0.2) is 0 Å². The molecule has 88 valence electrons. The Bertz CT molecular complexity index is 355. The number of nitrogens with zero attached hydrogens (tertiary/aromatic N) is 2. The van der Waals surface area contributed by atoms with Crippen LogP contribution >= 0.6 is 23.2 Å². The molecule has 2 rings (SSSR count). The van der Waals surface area contributed by atoms with E-state index in [2.05, 4.69) is 9.97 Å². The molecule has 1 fully saturated rings. The van der Waals surface area contributed by atoms with E-state index in [9.17, 15) is 0 Å². The quantitative estimate of drug-likeness (QED) is 0.785. The standard InChI is InChI=1S/C11H14Cl2N2O/c1-2-8-10(12)14-9(15-11(8)13)5-7-3-4-16-6-7/h7H,2-6H2,1H3. The van der Waals surface area contributed by atoms with Crippen LogP contribution in [0.15, 0.2) is 0 Å². The second kappa shape index (κ2) is 5.30. The van der Waals surface area contributed by atoms with Crippen LogP contribution in [0.25, 0.3) is 0 Å². The van der Waals surface area contributed by atoms with E-state index in [0.717, 1.165) is 43.9 Å². The Morgan fingerprint density at radius 2 is 2.00 bits per heavy atom. The summed E-state index contributed by atoms with van der Waals surface area (Å²) < 4.78 is 5.31. The third-order valence-electron chi connectivity index (χ3n) is 2.80. The zero-order valence-electron chi connectivity index (χ0n) is 9.17. The van der Waals surface area contributed by atoms with Crippen molar-refractivity contribution in [2.24, 2.45) is 5.92 Å². The molecule has 1 saturated heterocycles. The smallest absolute Gasteiger partial charge is 0.137 e. The molecule has 0 aliphatic carbocycles. The molecule has 0 spiro atoms. The topological polar surface area (TPSA) is 35.0 Å². The molecule has 3 nitrogen and oxygen atoms in total. The van der Waals surface area contributed by atoms with E-state index in [-0.39, 0.29) is 0 Å². The summed E-state index contributed by atoms with van der Waals surface area (Å²) >= 11 is 12.1. The van der Waals surface area contributed by atoms with Crippen LogP contribution in [0.4, 0.5) is 0 Å². The summed E-state index contributed by atoms with van der Waals surface area (Å²) in [7, 11) is 0. The van der Waals surface area contributed by atoms with Gasteiger partial charge in [0.2, 0.25) is 0 Å². The summed E-state index contributed by atoms with van der Waals surface area (Å²) in [4.78, 5) is 8.57. The van der Waals surface area contributed by atoms with E-state index >= 15 is 0 Å². The minimum atomic E-state index is 0.483. The van der Waals surface area contributed by atoms with Gasteiger partial charge in [-0.25, -0.2) is 9.97 Å². The minimum absolute atomic E-state index is 0.483. The largest absolute Gasteiger partial charge is 0.381 e. The van der Waals surface area contributed by atoms with Crippen LogP contribution in [0.3, 0.4) is 0 Å². The highest BCUT2D eigenvalue weighted by Gasteiger charge is 2.19.